The maximum atomic E-state index is 10.2. The van der Waals surface area contributed by atoms with Crippen LogP contribution in [0.2, 0.25) is 0 Å². The molecule has 0 spiro atoms. The summed E-state index contributed by atoms with van der Waals surface area (Å²) >= 11 is 9.63. The van der Waals surface area contributed by atoms with E-state index in [1.807, 2.05) is 0 Å². The molecule has 0 amide bonds. The van der Waals surface area contributed by atoms with E-state index in [1.165, 1.54) is 0 Å². The Morgan fingerprint density at radius 1 is 1.44 bits per heavy atom. The van der Waals surface area contributed by atoms with E-state index < -0.39 is 19.3 Å². The molecule has 0 aliphatic rings. The minimum atomic E-state index is -1.28. The molecule has 0 bridgehead atoms. The molecule has 0 saturated carbocycles. The summed E-state index contributed by atoms with van der Waals surface area (Å²) in [4.78, 5) is 0. The van der Waals surface area contributed by atoms with Crippen LogP contribution >= 0.6 is 23.2 Å². The van der Waals surface area contributed by atoms with Gasteiger partial charge in [0.1, 0.15) is 0 Å². The second-order valence-corrected chi connectivity index (χ2v) is 5.37. The van der Waals surface area contributed by atoms with Crippen LogP contribution in [-0.2, 0) is 25.0 Å². The van der Waals surface area contributed by atoms with Crippen molar-refractivity contribution in [3.63, 3.8) is 0 Å². The van der Waals surface area contributed by atoms with Gasteiger partial charge < -0.3 is 0 Å². The van der Waals surface area contributed by atoms with Crippen molar-refractivity contribution >= 4 is 23.2 Å². The zero-order valence-corrected chi connectivity index (χ0v) is 7.55. The molecule has 0 rings (SSSR count). The first-order chi connectivity index (χ1) is 4.12. The fourth-order valence-electron chi connectivity index (χ4n) is 0.330. The minimum absolute atomic E-state index is 0.206. The van der Waals surface area contributed by atoms with E-state index >= 15 is 0 Å². The summed E-state index contributed by atoms with van der Waals surface area (Å²) in [6, 6.07) is 0. The second-order valence-electron chi connectivity index (χ2n) is 1.56. The van der Waals surface area contributed by atoms with Gasteiger partial charge in [-0.2, -0.15) is 0 Å². The standard InChI is InChI=1S/C4H6Cl2O.O.V/c5-4(6)2-1-3-7;;/h1-3H2;;. The summed E-state index contributed by atoms with van der Waals surface area (Å²) < 4.78 is 9.06. The molecule has 0 aromatic rings. The predicted octanol–water partition coefficient (Wildman–Crippen LogP) is 1.76. The van der Waals surface area contributed by atoms with Crippen LogP contribution in [0.4, 0.5) is 0 Å². The molecule has 5 heteroatoms. The monoisotopic (exact) mass is 207 g/mol. The Bertz CT molecular complexity index is 96.6. The zero-order valence-electron chi connectivity index (χ0n) is 4.64. The summed E-state index contributed by atoms with van der Waals surface area (Å²) in [5, 5.41) is 9.88. The first-order valence-electron chi connectivity index (χ1n) is 2.43. The fourth-order valence-corrected chi connectivity index (χ4v) is 0.987. The van der Waals surface area contributed by atoms with Crippen LogP contribution in [0.1, 0.15) is 12.8 Å². The maximum absolute atomic E-state index is 10.2. The molecule has 0 fully saturated rings. The summed E-state index contributed by atoms with van der Waals surface area (Å²) in [7, 11) is 0. The van der Waals surface area contributed by atoms with Gasteiger partial charge in [-0.05, 0) is 0 Å². The number of rotatable bonds is 4. The van der Waals surface area contributed by atoms with E-state index in [4.69, 9.17) is 23.2 Å². The van der Waals surface area contributed by atoms with E-state index in [2.05, 4.69) is 0 Å². The molecule has 53 valence electrons. The first-order valence-corrected chi connectivity index (χ1v) is 4.45. The molecule has 1 radical (unpaired) electrons. The molecular formula is C4H6Cl2O2V. The van der Waals surface area contributed by atoms with Crippen LogP contribution < -0.4 is 0 Å². The topological polar surface area (TPSA) is 37.0 Å². The fraction of sp³-hybridized carbons (Fsp3) is 1.00. The van der Waals surface area contributed by atoms with Crippen molar-refractivity contribution in [2.24, 2.45) is 0 Å². The van der Waals surface area contributed by atoms with Crippen LogP contribution in [0.25, 0.3) is 0 Å². The Balaban J connectivity index is 3.45. The SMILES string of the molecule is [O]CCC[C](Cl)(Cl)[V]=[O]. The van der Waals surface area contributed by atoms with Gasteiger partial charge in [0.15, 0.2) is 0 Å². The van der Waals surface area contributed by atoms with Crippen LogP contribution in [0.3, 0.4) is 0 Å². The zero-order chi connectivity index (χ0) is 7.33. The Labute approximate surface area is 70.8 Å². The average Bonchev–Trinajstić information content (AvgIpc) is 1.84. The molecule has 0 unspecified atom stereocenters. The third kappa shape index (κ3) is 5.37. The van der Waals surface area contributed by atoms with Crippen molar-refractivity contribution in [1.29, 1.82) is 0 Å². The van der Waals surface area contributed by atoms with Gasteiger partial charge in [-0.25, -0.2) is 0 Å². The van der Waals surface area contributed by atoms with Gasteiger partial charge in [0.25, 0.3) is 0 Å². The van der Waals surface area contributed by atoms with Gasteiger partial charge in [-0.15, -0.1) is 0 Å². The molecule has 0 saturated heterocycles. The number of alkyl halides is 2. The third-order valence-electron chi connectivity index (χ3n) is 0.755. The van der Waals surface area contributed by atoms with Gasteiger partial charge in [0.2, 0.25) is 0 Å². The molecule has 0 aromatic heterocycles. The number of hydrogen-bond acceptors (Lipinski definition) is 1. The van der Waals surface area contributed by atoms with E-state index in [1.54, 1.807) is 0 Å². The van der Waals surface area contributed by atoms with Gasteiger partial charge in [0, 0.05) is 0 Å². The van der Waals surface area contributed by atoms with Crippen molar-refractivity contribution in [1.82, 2.24) is 0 Å². The molecule has 9 heavy (non-hydrogen) atoms. The van der Waals surface area contributed by atoms with Crippen molar-refractivity contribution < 1.29 is 25.0 Å². The Morgan fingerprint density at radius 2 is 2.00 bits per heavy atom. The number of halogens is 2. The summed E-state index contributed by atoms with van der Waals surface area (Å²) in [5.74, 6) is 0. The molecule has 0 aromatic carbocycles. The van der Waals surface area contributed by atoms with E-state index in [-0.39, 0.29) is 6.61 Å². The van der Waals surface area contributed by atoms with Gasteiger partial charge in [-0.1, -0.05) is 0 Å². The predicted molar refractivity (Wildman–Crippen MR) is 29.9 cm³/mol. The molecule has 0 N–H and O–H groups in total. The Morgan fingerprint density at radius 3 is 2.33 bits per heavy atom. The quantitative estimate of drug-likeness (QED) is 0.648. The van der Waals surface area contributed by atoms with Crippen molar-refractivity contribution in [2.75, 3.05) is 6.61 Å². The van der Waals surface area contributed by atoms with Crippen LogP contribution in [0.15, 0.2) is 0 Å². The second kappa shape index (κ2) is 4.70. The van der Waals surface area contributed by atoms with Crippen LogP contribution in [-0.4, -0.2) is 9.65 Å². The molecule has 0 atom stereocenters. The average molecular weight is 208 g/mol. The van der Waals surface area contributed by atoms with E-state index in [9.17, 15) is 8.78 Å². The molecule has 2 nitrogen and oxygen atoms in total. The van der Waals surface area contributed by atoms with Crippen molar-refractivity contribution in [2.45, 2.75) is 15.9 Å². The molecule has 0 heterocycles. The summed E-state index contributed by atoms with van der Waals surface area (Å²) in [5.41, 5.74) is 0. The Hall–Kier alpha value is 0.924. The van der Waals surface area contributed by atoms with Crippen molar-refractivity contribution in [3.8, 4) is 0 Å². The third-order valence-corrected chi connectivity index (χ3v) is 2.47. The summed E-state index contributed by atoms with van der Waals surface area (Å²) in [6.45, 7) is -0.206. The van der Waals surface area contributed by atoms with Crippen LogP contribution in [0.5, 0.6) is 0 Å². The van der Waals surface area contributed by atoms with Gasteiger partial charge in [-0.3, -0.25) is 0 Å². The van der Waals surface area contributed by atoms with Crippen LogP contribution in [0, 0.1) is 0 Å². The van der Waals surface area contributed by atoms with E-state index in [0.29, 0.717) is 12.8 Å². The first kappa shape index (κ1) is 9.92. The molecular weight excluding hydrogens is 202 g/mol. The molecule has 0 aliphatic carbocycles. The Kier molecular flexibility index (Phi) is 5.18. The van der Waals surface area contributed by atoms with Gasteiger partial charge in [0.05, 0.1) is 0 Å². The van der Waals surface area contributed by atoms with Crippen molar-refractivity contribution in [3.05, 3.63) is 0 Å². The molecule has 0 aliphatic heterocycles. The van der Waals surface area contributed by atoms with E-state index in [0.717, 1.165) is 0 Å². The normalized spacial score (nSPS) is 11.4. The summed E-state index contributed by atoms with van der Waals surface area (Å²) in [6.07, 6.45) is 0.730. The number of hydrogen-bond donors (Lipinski definition) is 0. The van der Waals surface area contributed by atoms with Gasteiger partial charge >= 0.3 is 70.7 Å².